The van der Waals surface area contributed by atoms with Crippen LogP contribution in [-0.4, -0.2) is 12.6 Å². The fraction of sp³-hybridized carbons (Fsp3) is 0.625. The van der Waals surface area contributed by atoms with Crippen molar-refractivity contribution >= 4 is 0 Å². The van der Waals surface area contributed by atoms with Crippen LogP contribution in [0.15, 0.2) is 18.2 Å². The van der Waals surface area contributed by atoms with E-state index in [0.717, 1.165) is 12.3 Å². The summed E-state index contributed by atoms with van der Waals surface area (Å²) in [7, 11) is 0. The third kappa shape index (κ3) is 2.26. The second kappa shape index (κ2) is 5.31. The molecule has 1 saturated carbocycles. The molecule has 3 rings (SSSR count). The number of aryl methyl sites for hydroxylation is 1. The van der Waals surface area contributed by atoms with Crippen molar-refractivity contribution in [3.05, 3.63) is 29.3 Å². The average molecular weight is 245 g/mol. The van der Waals surface area contributed by atoms with E-state index in [1.54, 1.807) is 0 Å². The van der Waals surface area contributed by atoms with Gasteiger partial charge in [0.15, 0.2) is 0 Å². The molecule has 2 aliphatic carbocycles. The van der Waals surface area contributed by atoms with Crippen molar-refractivity contribution in [3.63, 3.8) is 0 Å². The molecule has 0 amide bonds. The largest absolute Gasteiger partial charge is 0.490 e. The van der Waals surface area contributed by atoms with Crippen LogP contribution in [0.5, 0.6) is 5.75 Å². The van der Waals surface area contributed by atoms with E-state index in [1.807, 2.05) is 0 Å². The molecule has 1 fully saturated rings. The summed E-state index contributed by atoms with van der Waals surface area (Å²) in [5, 5.41) is 0. The Kier molecular flexibility index (Phi) is 3.55. The summed E-state index contributed by atoms with van der Waals surface area (Å²) < 4.78 is 6.30. The van der Waals surface area contributed by atoms with Crippen LogP contribution in [0.1, 0.15) is 43.2 Å². The number of fused-ring (bicyclic) bond motifs is 1. The molecule has 18 heavy (non-hydrogen) atoms. The van der Waals surface area contributed by atoms with Crippen LogP contribution in [0.25, 0.3) is 0 Å². The molecule has 2 heteroatoms. The molecule has 2 atom stereocenters. The third-order valence-corrected chi connectivity index (χ3v) is 4.52. The summed E-state index contributed by atoms with van der Waals surface area (Å²) in [5.74, 6) is 1.70. The Labute approximate surface area is 110 Å². The predicted octanol–water partition coefficient (Wildman–Crippen LogP) is 3.07. The van der Waals surface area contributed by atoms with Crippen LogP contribution in [0.2, 0.25) is 0 Å². The highest BCUT2D eigenvalue weighted by Crippen LogP contribution is 2.34. The fourth-order valence-electron chi connectivity index (χ4n) is 3.45. The number of nitrogens with two attached hydrogens (primary N) is 1. The van der Waals surface area contributed by atoms with E-state index in [-0.39, 0.29) is 0 Å². The highest BCUT2D eigenvalue weighted by atomic mass is 16.5. The lowest BCUT2D eigenvalue weighted by Crippen LogP contribution is -2.28. The van der Waals surface area contributed by atoms with Crippen molar-refractivity contribution in [3.8, 4) is 5.75 Å². The second-order valence-corrected chi connectivity index (χ2v) is 5.68. The van der Waals surface area contributed by atoms with Crippen LogP contribution in [-0.2, 0) is 12.8 Å². The zero-order chi connectivity index (χ0) is 12.4. The van der Waals surface area contributed by atoms with Crippen LogP contribution in [0, 0.1) is 5.92 Å². The van der Waals surface area contributed by atoms with Crippen molar-refractivity contribution in [1.29, 1.82) is 0 Å². The highest BCUT2D eigenvalue weighted by molar-refractivity contribution is 5.41. The van der Waals surface area contributed by atoms with Crippen molar-refractivity contribution < 1.29 is 4.74 Å². The van der Waals surface area contributed by atoms with Gasteiger partial charge in [-0.15, -0.1) is 0 Å². The number of benzene rings is 1. The molecule has 0 heterocycles. The molecule has 0 radical (unpaired) electrons. The van der Waals surface area contributed by atoms with Crippen LogP contribution in [0.4, 0.5) is 0 Å². The average Bonchev–Trinajstić information content (AvgIpc) is 2.86. The van der Waals surface area contributed by atoms with Crippen LogP contribution in [0.3, 0.4) is 0 Å². The molecular formula is C16H23NO. The van der Waals surface area contributed by atoms with Gasteiger partial charge < -0.3 is 10.5 Å². The van der Waals surface area contributed by atoms with Gasteiger partial charge in [0.05, 0.1) is 0 Å². The lowest BCUT2D eigenvalue weighted by molar-refractivity contribution is 0.160. The van der Waals surface area contributed by atoms with Gasteiger partial charge in [0.2, 0.25) is 0 Å². The zero-order valence-corrected chi connectivity index (χ0v) is 11.0. The molecule has 0 saturated heterocycles. The molecule has 2 aliphatic rings. The molecule has 2 unspecified atom stereocenters. The van der Waals surface area contributed by atoms with E-state index < -0.39 is 0 Å². The Morgan fingerprint density at radius 3 is 2.89 bits per heavy atom. The van der Waals surface area contributed by atoms with Gasteiger partial charge in [-0.25, -0.2) is 0 Å². The highest BCUT2D eigenvalue weighted by Gasteiger charge is 2.28. The molecule has 0 aromatic heterocycles. The van der Waals surface area contributed by atoms with Gasteiger partial charge in [-0.1, -0.05) is 12.1 Å². The number of hydrogen-bond acceptors (Lipinski definition) is 2. The van der Waals surface area contributed by atoms with E-state index >= 15 is 0 Å². The summed E-state index contributed by atoms with van der Waals surface area (Å²) in [5.41, 5.74) is 8.80. The van der Waals surface area contributed by atoms with Crippen molar-refractivity contribution in [2.45, 2.75) is 51.0 Å². The van der Waals surface area contributed by atoms with Gasteiger partial charge >= 0.3 is 0 Å². The van der Waals surface area contributed by atoms with Gasteiger partial charge in [-0.2, -0.15) is 0 Å². The minimum absolute atomic E-state index is 0.350. The van der Waals surface area contributed by atoms with Crippen LogP contribution < -0.4 is 10.5 Å². The molecule has 1 aromatic carbocycles. The zero-order valence-electron chi connectivity index (χ0n) is 11.0. The summed E-state index contributed by atoms with van der Waals surface area (Å²) in [6, 6.07) is 6.55. The first-order valence-electron chi connectivity index (χ1n) is 7.36. The predicted molar refractivity (Wildman–Crippen MR) is 73.9 cm³/mol. The van der Waals surface area contributed by atoms with E-state index in [4.69, 9.17) is 10.5 Å². The molecule has 2 nitrogen and oxygen atoms in total. The van der Waals surface area contributed by atoms with E-state index in [1.165, 1.54) is 56.1 Å². The summed E-state index contributed by atoms with van der Waals surface area (Å²) in [6.45, 7) is 0.764. The smallest absolute Gasteiger partial charge is 0.123 e. The first-order chi connectivity index (χ1) is 8.88. The van der Waals surface area contributed by atoms with Gasteiger partial charge in [0.1, 0.15) is 11.9 Å². The molecule has 98 valence electrons. The normalized spacial score (nSPS) is 26.9. The van der Waals surface area contributed by atoms with Gasteiger partial charge in [0, 0.05) is 5.92 Å². The summed E-state index contributed by atoms with van der Waals surface area (Å²) in [4.78, 5) is 0. The van der Waals surface area contributed by atoms with Crippen molar-refractivity contribution in [1.82, 2.24) is 0 Å². The minimum Gasteiger partial charge on any atom is -0.490 e. The number of rotatable bonds is 3. The standard InChI is InChI=1S/C16H23NO/c17-11-13-7-4-9-15(13)18-16-10-3-6-12-5-1-2-8-14(12)16/h3,6,10,13,15H,1-2,4-5,7-9,11,17H2. The molecule has 0 spiro atoms. The minimum atomic E-state index is 0.350. The summed E-state index contributed by atoms with van der Waals surface area (Å²) in [6.07, 6.45) is 9.05. The Hall–Kier alpha value is -1.02. The van der Waals surface area contributed by atoms with E-state index in [9.17, 15) is 0 Å². The van der Waals surface area contributed by atoms with E-state index in [0.29, 0.717) is 12.0 Å². The molecule has 0 aliphatic heterocycles. The first-order valence-corrected chi connectivity index (χ1v) is 7.36. The van der Waals surface area contributed by atoms with E-state index in [2.05, 4.69) is 18.2 Å². The maximum atomic E-state index is 6.30. The second-order valence-electron chi connectivity index (χ2n) is 5.68. The molecule has 1 aromatic rings. The molecule has 0 bridgehead atoms. The van der Waals surface area contributed by atoms with Gasteiger partial charge in [0.25, 0.3) is 0 Å². The topological polar surface area (TPSA) is 35.2 Å². The van der Waals surface area contributed by atoms with Crippen LogP contribution >= 0.6 is 0 Å². The lowest BCUT2D eigenvalue weighted by Gasteiger charge is -2.24. The van der Waals surface area contributed by atoms with Crippen molar-refractivity contribution in [2.24, 2.45) is 11.7 Å². The maximum absolute atomic E-state index is 6.30. The quantitative estimate of drug-likeness (QED) is 0.888. The fourth-order valence-corrected chi connectivity index (χ4v) is 3.45. The Balaban J connectivity index is 1.80. The lowest BCUT2D eigenvalue weighted by atomic mass is 9.91. The van der Waals surface area contributed by atoms with Gasteiger partial charge in [-0.05, 0) is 68.7 Å². The molecule has 2 N–H and O–H groups in total. The first kappa shape index (κ1) is 12.0. The Morgan fingerprint density at radius 2 is 2.00 bits per heavy atom. The SMILES string of the molecule is NCC1CCCC1Oc1cccc2c1CCCC2. The third-order valence-electron chi connectivity index (χ3n) is 4.52. The molecular weight excluding hydrogens is 222 g/mol. The van der Waals surface area contributed by atoms with Crippen molar-refractivity contribution in [2.75, 3.05) is 6.54 Å². The monoisotopic (exact) mass is 245 g/mol. The number of hydrogen-bond donors (Lipinski definition) is 1. The van der Waals surface area contributed by atoms with Gasteiger partial charge in [-0.3, -0.25) is 0 Å². The Bertz CT molecular complexity index is 416. The Morgan fingerprint density at radius 1 is 1.11 bits per heavy atom. The maximum Gasteiger partial charge on any atom is 0.123 e. The number of ether oxygens (including phenoxy) is 1. The summed E-state index contributed by atoms with van der Waals surface area (Å²) >= 11 is 0.